The maximum absolute atomic E-state index is 12.5. The van der Waals surface area contributed by atoms with E-state index in [1.165, 1.54) is 13.0 Å². The summed E-state index contributed by atoms with van der Waals surface area (Å²) in [5.41, 5.74) is 3.73. The fourth-order valence-corrected chi connectivity index (χ4v) is 3.12. The molecule has 5 nitrogen and oxygen atoms in total. The summed E-state index contributed by atoms with van der Waals surface area (Å²) in [4.78, 5) is 36.1. The van der Waals surface area contributed by atoms with E-state index in [0.717, 1.165) is 16.6 Å². The minimum Gasteiger partial charge on any atom is -0.338 e. The summed E-state index contributed by atoms with van der Waals surface area (Å²) in [6, 6.07) is 12.2. The number of nitrogens with one attached hydrogen (secondary N) is 1. The average Bonchev–Trinajstić information content (AvgIpc) is 2.57. The van der Waals surface area contributed by atoms with Crippen LogP contribution in [-0.4, -0.2) is 16.3 Å². The molecule has 0 radical (unpaired) electrons. The second-order valence-electron chi connectivity index (χ2n) is 6.47. The van der Waals surface area contributed by atoms with Crippen LogP contribution in [0.1, 0.15) is 28.4 Å². The van der Waals surface area contributed by atoms with E-state index in [1.807, 2.05) is 26.0 Å². The Bertz CT molecular complexity index is 1080. The summed E-state index contributed by atoms with van der Waals surface area (Å²) in [5, 5.41) is 3.43. The molecule has 0 aliphatic carbocycles. The van der Waals surface area contributed by atoms with E-state index >= 15 is 0 Å². The molecule has 132 valence electrons. The van der Waals surface area contributed by atoms with E-state index in [-0.39, 0.29) is 23.7 Å². The van der Waals surface area contributed by atoms with Gasteiger partial charge >= 0.3 is 0 Å². The zero-order valence-electron chi connectivity index (χ0n) is 15.0. The highest BCUT2D eigenvalue weighted by Crippen LogP contribution is 2.18. The Kier molecular flexibility index (Phi) is 4.71. The lowest BCUT2D eigenvalue weighted by atomic mass is 10.1. The van der Waals surface area contributed by atoms with Gasteiger partial charge in [-0.3, -0.25) is 14.4 Å². The summed E-state index contributed by atoms with van der Waals surface area (Å²) < 4.78 is 1.76. The quantitative estimate of drug-likeness (QED) is 0.734. The van der Waals surface area contributed by atoms with Crippen LogP contribution in [0.2, 0.25) is 0 Å². The van der Waals surface area contributed by atoms with Crippen LogP contribution in [0.4, 0.5) is 5.69 Å². The molecule has 26 heavy (non-hydrogen) atoms. The number of hydrogen-bond donors (Lipinski definition) is 1. The van der Waals surface area contributed by atoms with E-state index < -0.39 is 0 Å². The van der Waals surface area contributed by atoms with Crippen LogP contribution < -0.4 is 10.7 Å². The number of amides is 1. The summed E-state index contributed by atoms with van der Waals surface area (Å²) in [5.74, 6) is -0.284. The Morgan fingerprint density at radius 3 is 2.58 bits per heavy atom. The number of anilines is 1. The normalized spacial score (nSPS) is 10.7. The first-order valence-corrected chi connectivity index (χ1v) is 8.36. The zero-order chi connectivity index (χ0) is 18.8. The van der Waals surface area contributed by atoms with Gasteiger partial charge in [-0.2, -0.15) is 0 Å². The number of Topliss-reactive ketones (excluding diaryl/α,β-unsaturated/α-hetero) is 1. The number of carbonyl (C=O) groups is 2. The molecule has 2 aromatic carbocycles. The van der Waals surface area contributed by atoms with Crippen LogP contribution in [0.15, 0.2) is 53.5 Å². The van der Waals surface area contributed by atoms with Crippen molar-refractivity contribution in [3.63, 3.8) is 0 Å². The average molecular weight is 348 g/mol. The van der Waals surface area contributed by atoms with Crippen molar-refractivity contribution in [2.75, 3.05) is 5.32 Å². The Morgan fingerprint density at radius 2 is 1.85 bits per heavy atom. The van der Waals surface area contributed by atoms with E-state index in [9.17, 15) is 14.4 Å². The molecule has 0 aliphatic heterocycles. The first kappa shape index (κ1) is 17.6. The van der Waals surface area contributed by atoms with Crippen molar-refractivity contribution in [2.45, 2.75) is 27.3 Å². The lowest BCUT2D eigenvalue weighted by Gasteiger charge is -2.13. The van der Waals surface area contributed by atoms with Gasteiger partial charge in [0.1, 0.15) is 6.54 Å². The molecular formula is C21H20N2O3. The molecule has 0 saturated heterocycles. The molecule has 0 saturated carbocycles. The molecule has 1 aromatic heterocycles. The number of benzene rings is 2. The van der Waals surface area contributed by atoms with Crippen LogP contribution in [0.5, 0.6) is 0 Å². The smallest absolute Gasteiger partial charge is 0.244 e. The number of aryl methyl sites for hydroxylation is 2. The van der Waals surface area contributed by atoms with E-state index in [4.69, 9.17) is 0 Å². The van der Waals surface area contributed by atoms with Crippen LogP contribution in [0.3, 0.4) is 0 Å². The molecular weight excluding hydrogens is 328 g/mol. The van der Waals surface area contributed by atoms with Gasteiger partial charge in [0, 0.05) is 28.9 Å². The third-order valence-electron chi connectivity index (χ3n) is 4.29. The van der Waals surface area contributed by atoms with Crippen molar-refractivity contribution in [2.24, 2.45) is 0 Å². The molecule has 0 bridgehead atoms. The lowest BCUT2D eigenvalue weighted by molar-refractivity contribution is -0.116. The van der Waals surface area contributed by atoms with Gasteiger partial charge in [-0.1, -0.05) is 18.2 Å². The minimum absolute atomic E-state index is 0.0525. The molecule has 0 aliphatic rings. The lowest BCUT2D eigenvalue weighted by Crippen LogP contribution is -2.20. The van der Waals surface area contributed by atoms with Crippen molar-refractivity contribution in [3.05, 3.63) is 75.6 Å². The number of nitrogens with zero attached hydrogens (tertiary/aromatic N) is 1. The standard InChI is InChI=1S/C21H20N2O3/c1-13-9-14(2)21-18(10-13)23(8-7-19(21)25)12-20(26)22-17-6-4-5-16(11-17)15(3)24/h4-11H,12H2,1-3H3,(H,22,26). The third-order valence-corrected chi connectivity index (χ3v) is 4.29. The molecule has 1 N–H and O–H groups in total. The molecule has 5 heteroatoms. The number of carbonyl (C=O) groups excluding carboxylic acids is 2. The van der Waals surface area contributed by atoms with Crippen LogP contribution in [0, 0.1) is 13.8 Å². The molecule has 1 heterocycles. The van der Waals surface area contributed by atoms with Crippen molar-refractivity contribution in [3.8, 4) is 0 Å². The Labute approximate surface area is 151 Å². The number of fused-ring (bicyclic) bond motifs is 1. The summed E-state index contributed by atoms with van der Waals surface area (Å²) >= 11 is 0. The van der Waals surface area contributed by atoms with Gasteiger partial charge in [0.05, 0.1) is 5.52 Å². The molecule has 0 spiro atoms. The maximum atomic E-state index is 12.5. The van der Waals surface area contributed by atoms with Crippen LogP contribution >= 0.6 is 0 Å². The van der Waals surface area contributed by atoms with Crippen molar-refractivity contribution in [1.82, 2.24) is 4.57 Å². The van der Waals surface area contributed by atoms with E-state index in [1.54, 1.807) is 35.0 Å². The van der Waals surface area contributed by atoms with Gasteiger partial charge in [0.2, 0.25) is 5.91 Å². The van der Waals surface area contributed by atoms with Crippen LogP contribution in [0.25, 0.3) is 10.9 Å². The first-order valence-electron chi connectivity index (χ1n) is 8.36. The molecule has 3 aromatic rings. The summed E-state index contributed by atoms with van der Waals surface area (Å²) in [6.07, 6.45) is 1.63. The first-order chi connectivity index (χ1) is 12.3. The second kappa shape index (κ2) is 6.96. The maximum Gasteiger partial charge on any atom is 0.244 e. The monoisotopic (exact) mass is 348 g/mol. The van der Waals surface area contributed by atoms with Gasteiger partial charge in [-0.15, -0.1) is 0 Å². The summed E-state index contributed by atoms with van der Waals surface area (Å²) in [6.45, 7) is 5.41. The fourth-order valence-electron chi connectivity index (χ4n) is 3.12. The Balaban J connectivity index is 1.91. The number of hydrogen-bond acceptors (Lipinski definition) is 3. The van der Waals surface area contributed by atoms with Crippen molar-refractivity contribution >= 4 is 28.3 Å². The number of ketones is 1. The highest BCUT2D eigenvalue weighted by Gasteiger charge is 2.10. The minimum atomic E-state index is -0.227. The Morgan fingerprint density at radius 1 is 1.08 bits per heavy atom. The third kappa shape index (κ3) is 3.57. The highest BCUT2D eigenvalue weighted by molar-refractivity contribution is 5.97. The molecule has 0 unspecified atom stereocenters. The summed E-state index contributed by atoms with van der Waals surface area (Å²) in [7, 11) is 0. The zero-order valence-corrected chi connectivity index (χ0v) is 15.0. The molecule has 0 fully saturated rings. The predicted molar refractivity (Wildman–Crippen MR) is 103 cm³/mol. The molecule has 3 rings (SSSR count). The van der Waals surface area contributed by atoms with Gasteiger partial charge in [-0.05, 0) is 50.1 Å². The van der Waals surface area contributed by atoms with E-state index in [0.29, 0.717) is 16.6 Å². The van der Waals surface area contributed by atoms with Gasteiger partial charge in [0.25, 0.3) is 0 Å². The van der Waals surface area contributed by atoms with Crippen molar-refractivity contribution < 1.29 is 9.59 Å². The molecule has 1 amide bonds. The van der Waals surface area contributed by atoms with Gasteiger partial charge in [-0.25, -0.2) is 0 Å². The number of pyridine rings is 1. The Hall–Kier alpha value is -3.21. The van der Waals surface area contributed by atoms with Crippen molar-refractivity contribution in [1.29, 1.82) is 0 Å². The number of rotatable bonds is 4. The SMILES string of the molecule is CC(=O)c1cccc(NC(=O)Cn2ccc(=O)c3c(C)cc(C)cc32)c1. The topological polar surface area (TPSA) is 68.2 Å². The largest absolute Gasteiger partial charge is 0.338 e. The second-order valence-corrected chi connectivity index (χ2v) is 6.47. The van der Waals surface area contributed by atoms with Crippen LogP contribution in [-0.2, 0) is 11.3 Å². The molecule has 0 atom stereocenters. The predicted octanol–water partition coefficient (Wildman–Crippen LogP) is 3.46. The van der Waals surface area contributed by atoms with Gasteiger partial charge in [0.15, 0.2) is 11.2 Å². The fraction of sp³-hybridized carbons (Fsp3) is 0.190. The van der Waals surface area contributed by atoms with E-state index in [2.05, 4.69) is 5.32 Å². The number of aromatic nitrogens is 1. The van der Waals surface area contributed by atoms with Gasteiger partial charge < -0.3 is 9.88 Å². The highest BCUT2D eigenvalue weighted by atomic mass is 16.2.